The summed E-state index contributed by atoms with van der Waals surface area (Å²) >= 11 is 0. The molecule has 0 aliphatic rings. The van der Waals surface area contributed by atoms with Crippen LogP contribution in [0.1, 0.15) is 60.8 Å². The molecule has 0 radical (unpaired) electrons. The van der Waals surface area contributed by atoms with Gasteiger partial charge in [-0.15, -0.1) is 0 Å². The summed E-state index contributed by atoms with van der Waals surface area (Å²) in [4.78, 5) is 0. The van der Waals surface area contributed by atoms with Crippen molar-refractivity contribution in [2.75, 3.05) is 13.1 Å². The Kier molecular flexibility index (Phi) is 104. The Bertz CT molecular complexity index is 27.3. The van der Waals surface area contributed by atoms with Crippen molar-refractivity contribution in [3.8, 4) is 0 Å². The molecule has 2 heteroatoms. The minimum Gasteiger partial charge on any atom is -0.330 e. The van der Waals surface area contributed by atoms with Crippen LogP contribution in [0.5, 0.6) is 0 Å². The smallest absolute Gasteiger partial charge is 0.00774 e. The molecule has 0 fully saturated rings. The molecule has 0 aromatic rings. The summed E-state index contributed by atoms with van der Waals surface area (Å²) in [7, 11) is 0. The van der Waals surface area contributed by atoms with E-state index in [0.29, 0.717) is 0 Å². The molecule has 2 nitrogen and oxygen atoms in total. The van der Waals surface area contributed by atoms with Gasteiger partial charge >= 0.3 is 0 Å². The Balaban J connectivity index is -0.0000000457. The minimum absolute atomic E-state index is 0.819. The largest absolute Gasteiger partial charge is 0.330 e. The maximum Gasteiger partial charge on any atom is -0.00774 e. The Morgan fingerprint density at radius 1 is 0.692 bits per heavy atom. The summed E-state index contributed by atoms with van der Waals surface area (Å²) in [6.07, 6.45) is 3.48. The summed E-state index contributed by atoms with van der Waals surface area (Å²) in [5.41, 5.74) is 10.2. The fourth-order valence-electron chi connectivity index (χ4n) is 0.204. The highest BCUT2D eigenvalue weighted by Crippen LogP contribution is 1.77. The van der Waals surface area contributed by atoms with Crippen molar-refractivity contribution < 1.29 is 0 Å². The van der Waals surface area contributed by atoms with Crippen molar-refractivity contribution in [2.24, 2.45) is 11.5 Å². The third-order valence-corrected chi connectivity index (χ3v) is 0.846. The molecule has 0 aromatic heterocycles. The summed E-state index contributed by atoms with van der Waals surface area (Å²) < 4.78 is 0. The van der Waals surface area contributed by atoms with E-state index in [-0.39, 0.29) is 0 Å². The molecule has 0 atom stereocenters. The molecule has 0 heterocycles. The van der Waals surface area contributed by atoms with Crippen molar-refractivity contribution in [3.05, 3.63) is 0 Å². The molecule has 0 rings (SSSR count). The summed E-state index contributed by atoms with van der Waals surface area (Å²) in [5, 5.41) is 0. The SMILES string of the molecule is CC.CC.CCCCN.CCCN. The molecule has 0 bridgehead atoms. The number of rotatable bonds is 3. The van der Waals surface area contributed by atoms with Gasteiger partial charge < -0.3 is 11.5 Å². The molecule has 0 aliphatic heterocycles. The van der Waals surface area contributed by atoms with Gasteiger partial charge in [0, 0.05) is 0 Å². The molecular formula is C11H32N2. The molecule has 86 valence electrons. The number of nitrogens with two attached hydrogens (primary N) is 2. The van der Waals surface area contributed by atoms with Crippen LogP contribution >= 0.6 is 0 Å². The van der Waals surface area contributed by atoms with Crippen molar-refractivity contribution in [2.45, 2.75) is 60.8 Å². The summed E-state index contributed by atoms with van der Waals surface area (Å²) in [5.74, 6) is 0. The normalized spacial score (nSPS) is 6.46. The van der Waals surface area contributed by atoms with E-state index >= 15 is 0 Å². The van der Waals surface area contributed by atoms with E-state index in [4.69, 9.17) is 11.5 Å². The van der Waals surface area contributed by atoms with Gasteiger partial charge in [0.05, 0.1) is 0 Å². The van der Waals surface area contributed by atoms with Gasteiger partial charge in [-0.1, -0.05) is 48.0 Å². The van der Waals surface area contributed by atoms with E-state index in [0.717, 1.165) is 19.5 Å². The van der Waals surface area contributed by atoms with Gasteiger partial charge in [-0.25, -0.2) is 0 Å². The molecule has 0 spiro atoms. The zero-order chi connectivity index (χ0) is 11.5. The van der Waals surface area contributed by atoms with Gasteiger partial charge in [0.25, 0.3) is 0 Å². The van der Waals surface area contributed by atoms with Crippen molar-refractivity contribution in [1.82, 2.24) is 0 Å². The maximum atomic E-state index is 5.14. The molecule has 0 saturated carbocycles. The topological polar surface area (TPSA) is 52.0 Å². The minimum atomic E-state index is 0.819. The van der Waals surface area contributed by atoms with E-state index in [1.807, 2.05) is 27.7 Å². The fraction of sp³-hybridized carbons (Fsp3) is 1.00. The average molecular weight is 192 g/mol. The highest BCUT2D eigenvalue weighted by atomic mass is 14.5. The average Bonchev–Trinajstić information content (AvgIpc) is 2.25. The van der Waals surface area contributed by atoms with Gasteiger partial charge in [-0.2, -0.15) is 0 Å². The Labute approximate surface area is 86.1 Å². The third kappa shape index (κ3) is 138. The van der Waals surface area contributed by atoms with Crippen LogP contribution in [0.3, 0.4) is 0 Å². The maximum absolute atomic E-state index is 5.14. The van der Waals surface area contributed by atoms with Crippen molar-refractivity contribution in [3.63, 3.8) is 0 Å². The van der Waals surface area contributed by atoms with Crippen LogP contribution in [-0.4, -0.2) is 13.1 Å². The summed E-state index contributed by atoms with van der Waals surface area (Å²) in [6.45, 7) is 13.9. The van der Waals surface area contributed by atoms with E-state index in [1.165, 1.54) is 12.8 Å². The highest BCUT2D eigenvalue weighted by Gasteiger charge is 1.67. The molecule has 0 aromatic carbocycles. The molecule has 0 amide bonds. The molecule has 0 aliphatic carbocycles. The van der Waals surface area contributed by atoms with Gasteiger partial charge in [0.15, 0.2) is 0 Å². The highest BCUT2D eigenvalue weighted by molar-refractivity contribution is 4.29. The molecule has 13 heavy (non-hydrogen) atoms. The van der Waals surface area contributed by atoms with Crippen LogP contribution in [0.2, 0.25) is 0 Å². The lowest BCUT2D eigenvalue weighted by atomic mass is 10.3. The molecular weight excluding hydrogens is 160 g/mol. The lowest BCUT2D eigenvalue weighted by molar-refractivity contribution is 0.807. The Morgan fingerprint density at radius 2 is 1.00 bits per heavy atom. The molecule has 0 unspecified atom stereocenters. The van der Waals surface area contributed by atoms with E-state index < -0.39 is 0 Å². The second-order valence-corrected chi connectivity index (χ2v) is 1.93. The van der Waals surface area contributed by atoms with Crippen LogP contribution < -0.4 is 11.5 Å². The quantitative estimate of drug-likeness (QED) is 0.721. The van der Waals surface area contributed by atoms with Crippen LogP contribution in [0.15, 0.2) is 0 Å². The fourth-order valence-corrected chi connectivity index (χ4v) is 0.204. The van der Waals surface area contributed by atoms with Crippen LogP contribution in [0, 0.1) is 0 Å². The van der Waals surface area contributed by atoms with E-state index in [2.05, 4.69) is 13.8 Å². The monoisotopic (exact) mass is 192 g/mol. The van der Waals surface area contributed by atoms with Gasteiger partial charge in [-0.3, -0.25) is 0 Å². The van der Waals surface area contributed by atoms with E-state index in [9.17, 15) is 0 Å². The van der Waals surface area contributed by atoms with E-state index in [1.54, 1.807) is 0 Å². The number of unbranched alkanes of at least 4 members (excludes halogenated alkanes) is 1. The van der Waals surface area contributed by atoms with Crippen LogP contribution in [0.4, 0.5) is 0 Å². The standard InChI is InChI=1S/C4H11N.C3H9N.2C2H6/c1-2-3-4-5;1-2-3-4;2*1-2/h2-5H2,1H3;2-4H2,1H3;2*1-2H3. The van der Waals surface area contributed by atoms with Crippen LogP contribution in [0.25, 0.3) is 0 Å². The van der Waals surface area contributed by atoms with Crippen molar-refractivity contribution >= 4 is 0 Å². The molecule has 4 N–H and O–H groups in total. The zero-order valence-corrected chi connectivity index (χ0v) is 10.7. The first-order valence-corrected chi connectivity index (χ1v) is 5.73. The second-order valence-electron chi connectivity index (χ2n) is 1.93. The van der Waals surface area contributed by atoms with Gasteiger partial charge in [0.1, 0.15) is 0 Å². The second kappa shape index (κ2) is 58.7. The first kappa shape index (κ1) is 23.1. The Morgan fingerprint density at radius 3 is 1.00 bits per heavy atom. The number of hydrogen-bond acceptors (Lipinski definition) is 2. The predicted octanol–water partition coefficient (Wildman–Crippen LogP) is 3.15. The zero-order valence-electron chi connectivity index (χ0n) is 10.7. The first-order valence-electron chi connectivity index (χ1n) is 5.73. The predicted molar refractivity (Wildman–Crippen MR) is 66.0 cm³/mol. The Hall–Kier alpha value is -0.0800. The third-order valence-electron chi connectivity index (χ3n) is 0.846. The van der Waals surface area contributed by atoms with Crippen LogP contribution in [-0.2, 0) is 0 Å². The lowest BCUT2D eigenvalue weighted by Crippen LogP contribution is -1.95. The van der Waals surface area contributed by atoms with Gasteiger partial charge in [-0.05, 0) is 25.9 Å². The van der Waals surface area contributed by atoms with Gasteiger partial charge in [0.2, 0.25) is 0 Å². The van der Waals surface area contributed by atoms with Crippen molar-refractivity contribution in [1.29, 1.82) is 0 Å². The summed E-state index contributed by atoms with van der Waals surface area (Å²) in [6, 6.07) is 0. The number of hydrogen-bond donors (Lipinski definition) is 2. The molecule has 0 saturated heterocycles. The first-order chi connectivity index (χ1) is 6.33. The lowest BCUT2D eigenvalue weighted by Gasteiger charge is -1.80.